The first-order valence-corrected chi connectivity index (χ1v) is 8.82. The maximum Gasteiger partial charge on any atom is 0.244 e. The van der Waals surface area contributed by atoms with E-state index in [1.165, 1.54) is 18.4 Å². The highest BCUT2D eigenvalue weighted by molar-refractivity contribution is 7.89. The van der Waals surface area contributed by atoms with Gasteiger partial charge in [0.15, 0.2) is 0 Å². The smallest absolute Gasteiger partial charge is 0.244 e. The highest BCUT2D eigenvalue weighted by Gasteiger charge is 2.20. The number of nitrogens with one attached hydrogen (secondary N) is 1. The van der Waals surface area contributed by atoms with Crippen molar-refractivity contribution in [1.29, 1.82) is 0 Å². The number of sulfonamides is 1. The molecule has 1 N–H and O–H groups in total. The summed E-state index contributed by atoms with van der Waals surface area (Å²) in [4.78, 5) is 5.19. The van der Waals surface area contributed by atoms with Gasteiger partial charge in [-0.1, -0.05) is 0 Å². The summed E-state index contributed by atoms with van der Waals surface area (Å²) >= 11 is 1.51. The van der Waals surface area contributed by atoms with Gasteiger partial charge in [-0.2, -0.15) is 0 Å². The Morgan fingerprint density at radius 2 is 2.00 bits per heavy atom. The lowest BCUT2D eigenvalue weighted by atomic mass is 10.1. The van der Waals surface area contributed by atoms with Crippen LogP contribution in [-0.2, 0) is 16.4 Å². The van der Waals surface area contributed by atoms with Crippen molar-refractivity contribution in [3.05, 3.63) is 39.8 Å². The highest BCUT2D eigenvalue weighted by Crippen LogP contribution is 2.27. The minimum atomic E-state index is -3.59. The third-order valence-electron chi connectivity index (χ3n) is 3.22. The second-order valence-electron chi connectivity index (χ2n) is 4.70. The highest BCUT2D eigenvalue weighted by atomic mass is 32.2. The van der Waals surface area contributed by atoms with E-state index < -0.39 is 10.0 Å². The van der Waals surface area contributed by atoms with Gasteiger partial charge in [0.2, 0.25) is 10.0 Å². The normalized spacial score (nSPS) is 11.6. The topological polar surface area (TPSA) is 68.3 Å². The molecule has 0 aliphatic heterocycles. The number of methoxy groups -OCH3 is 1. The van der Waals surface area contributed by atoms with Gasteiger partial charge in [0, 0.05) is 17.6 Å². The summed E-state index contributed by atoms with van der Waals surface area (Å²) in [5, 5.41) is 0. The van der Waals surface area contributed by atoms with E-state index in [0.717, 1.165) is 16.0 Å². The summed E-state index contributed by atoms with van der Waals surface area (Å²) in [6.45, 7) is 4.14. The number of aryl methyl sites for hydroxylation is 2. The maximum absolute atomic E-state index is 12.4. The molecule has 0 saturated carbocycles. The van der Waals surface area contributed by atoms with Gasteiger partial charge in [-0.3, -0.25) is 4.98 Å². The van der Waals surface area contributed by atoms with Gasteiger partial charge in [-0.05, 0) is 43.5 Å². The molecule has 0 bridgehead atoms. The van der Waals surface area contributed by atoms with Gasteiger partial charge in [0.25, 0.3) is 0 Å². The van der Waals surface area contributed by atoms with E-state index >= 15 is 0 Å². The molecule has 0 unspecified atom stereocenters. The Morgan fingerprint density at radius 3 is 2.62 bits per heavy atom. The molecule has 0 aliphatic rings. The number of ether oxygens (including phenoxy) is 1. The predicted molar refractivity (Wildman–Crippen MR) is 83.5 cm³/mol. The number of aromatic nitrogens is 1. The Hall–Kier alpha value is -1.44. The number of rotatable bonds is 6. The molecule has 7 heteroatoms. The molecule has 1 aromatic heterocycles. The monoisotopic (exact) mass is 326 g/mol. The molecule has 2 rings (SSSR count). The molecular weight excluding hydrogens is 308 g/mol. The molecule has 1 aromatic carbocycles. The first kappa shape index (κ1) is 15.9. The Labute approximate surface area is 129 Å². The van der Waals surface area contributed by atoms with Crippen LogP contribution in [0.25, 0.3) is 0 Å². The number of thiazole rings is 1. The van der Waals surface area contributed by atoms with Crippen LogP contribution in [0, 0.1) is 13.8 Å². The molecular formula is C14H18N2O3S2. The van der Waals surface area contributed by atoms with E-state index in [1.807, 2.05) is 13.8 Å². The quantitative estimate of drug-likeness (QED) is 0.884. The van der Waals surface area contributed by atoms with Crippen molar-refractivity contribution in [2.45, 2.75) is 25.2 Å². The Kier molecular flexibility index (Phi) is 4.97. The summed E-state index contributed by atoms with van der Waals surface area (Å²) in [6, 6.07) is 3.39. The molecule has 2 aromatic rings. The largest absolute Gasteiger partial charge is 0.495 e. The zero-order chi connectivity index (χ0) is 15.5. The molecule has 5 nitrogen and oxygen atoms in total. The number of hydrogen-bond donors (Lipinski definition) is 1. The molecule has 0 radical (unpaired) electrons. The average Bonchev–Trinajstić information content (AvgIpc) is 2.94. The second-order valence-corrected chi connectivity index (χ2v) is 7.41. The molecule has 0 spiro atoms. The van der Waals surface area contributed by atoms with Crippen molar-refractivity contribution >= 4 is 21.4 Å². The minimum absolute atomic E-state index is 0.178. The van der Waals surface area contributed by atoms with Gasteiger partial charge in [-0.25, -0.2) is 13.1 Å². The third-order valence-corrected chi connectivity index (χ3v) is 5.54. The molecule has 0 atom stereocenters. The molecule has 114 valence electrons. The molecule has 0 fully saturated rings. The van der Waals surface area contributed by atoms with Crippen molar-refractivity contribution in [2.75, 3.05) is 13.7 Å². The zero-order valence-corrected chi connectivity index (χ0v) is 13.8. The van der Waals surface area contributed by atoms with Crippen LogP contribution in [0.15, 0.2) is 28.7 Å². The van der Waals surface area contributed by atoms with E-state index in [2.05, 4.69) is 9.71 Å². The van der Waals surface area contributed by atoms with Gasteiger partial charge < -0.3 is 4.74 Å². The fourth-order valence-electron chi connectivity index (χ4n) is 1.88. The lowest BCUT2D eigenvalue weighted by molar-refractivity contribution is 0.402. The number of nitrogens with zero attached hydrogens (tertiary/aromatic N) is 1. The van der Waals surface area contributed by atoms with Crippen molar-refractivity contribution in [3.63, 3.8) is 0 Å². The molecule has 0 amide bonds. The fraction of sp³-hybridized carbons (Fsp3) is 0.357. The Morgan fingerprint density at radius 1 is 1.29 bits per heavy atom. The lowest BCUT2D eigenvalue weighted by Gasteiger charge is -2.13. The van der Waals surface area contributed by atoms with Crippen molar-refractivity contribution in [1.82, 2.24) is 9.71 Å². The summed E-state index contributed by atoms with van der Waals surface area (Å²) < 4.78 is 32.6. The van der Waals surface area contributed by atoms with E-state index in [0.29, 0.717) is 18.7 Å². The van der Waals surface area contributed by atoms with Crippen LogP contribution in [0.4, 0.5) is 0 Å². The van der Waals surface area contributed by atoms with Crippen LogP contribution >= 0.6 is 11.3 Å². The van der Waals surface area contributed by atoms with Gasteiger partial charge in [-0.15, -0.1) is 11.3 Å². The molecule has 1 heterocycles. The van der Waals surface area contributed by atoms with Gasteiger partial charge in [0.05, 0.1) is 12.6 Å². The van der Waals surface area contributed by atoms with Crippen LogP contribution in [0.5, 0.6) is 5.75 Å². The minimum Gasteiger partial charge on any atom is -0.495 e. The first-order chi connectivity index (χ1) is 9.94. The van der Waals surface area contributed by atoms with Crippen molar-refractivity contribution in [3.8, 4) is 5.75 Å². The predicted octanol–water partition coefficient (Wildman–Crippen LogP) is 2.29. The second kappa shape index (κ2) is 6.55. The SMILES string of the molecule is COc1cc(C)c(C)cc1S(=O)(=O)NCCc1cncs1. The Balaban J connectivity index is 2.17. The van der Waals surface area contributed by atoms with E-state index in [1.54, 1.807) is 23.8 Å². The summed E-state index contributed by atoms with van der Waals surface area (Å²) in [5.74, 6) is 0.364. The van der Waals surface area contributed by atoms with E-state index in [4.69, 9.17) is 4.74 Å². The maximum atomic E-state index is 12.4. The standard InChI is InChI=1S/C14H18N2O3S2/c1-10-6-13(19-3)14(7-11(10)2)21(17,18)16-5-4-12-8-15-9-20-12/h6-9,16H,4-5H2,1-3H3. The van der Waals surface area contributed by atoms with Crippen molar-refractivity contribution in [2.24, 2.45) is 0 Å². The molecule has 0 saturated heterocycles. The first-order valence-electron chi connectivity index (χ1n) is 6.46. The van der Waals surface area contributed by atoms with Crippen LogP contribution in [0.1, 0.15) is 16.0 Å². The van der Waals surface area contributed by atoms with Crippen LogP contribution < -0.4 is 9.46 Å². The molecule has 0 aliphatic carbocycles. The summed E-state index contributed by atoms with van der Waals surface area (Å²) in [7, 11) is -2.11. The Bertz CT molecular complexity index is 710. The molecule has 21 heavy (non-hydrogen) atoms. The van der Waals surface area contributed by atoms with Crippen LogP contribution in [0.2, 0.25) is 0 Å². The van der Waals surface area contributed by atoms with Crippen LogP contribution in [0.3, 0.4) is 0 Å². The summed E-state index contributed by atoms with van der Waals surface area (Å²) in [6.07, 6.45) is 2.37. The van der Waals surface area contributed by atoms with Crippen LogP contribution in [-0.4, -0.2) is 27.1 Å². The van der Waals surface area contributed by atoms with Gasteiger partial charge >= 0.3 is 0 Å². The van der Waals surface area contributed by atoms with Crippen molar-refractivity contribution < 1.29 is 13.2 Å². The fourth-order valence-corrected chi connectivity index (χ4v) is 3.75. The van der Waals surface area contributed by atoms with Gasteiger partial charge in [0.1, 0.15) is 10.6 Å². The summed E-state index contributed by atoms with van der Waals surface area (Å²) in [5.41, 5.74) is 3.64. The number of hydrogen-bond acceptors (Lipinski definition) is 5. The average molecular weight is 326 g/mol. The number of benzene rings is 1. The third kappa shape index (κ3) is 3.81. The van der Waals surface area contributed by atoms with E-state index in [-0.39, 0.29) is 4.90 Å². The lowest BCUT2D eigenvalue weighted by Crippen LogP contribution is -2.26. The van der Waals surface area contributed by atoms with E-state index in [9.17, 15) is 8.42 Å². The zero-order valence-electron chi connectivity index (χ0n) is 12.2.